The van der Waals surface area contributed by atoms with Crippen molar-refractivity contribution in [1.82, 2.24) is 5.32 Å². The van der Waals surface area contributed by atoms with E-state index in [0.29, 0.717) is 18.2 Å². The van der Waals surface area contributed by atoms with Crippen LogP contribution in [0.1, 0.15) is 38.8 Å². The summed E-state index contributed by atoms with van der Waals surface area (Å²) in [6.45, 7) is 13.7. The Hall–Kier alpha value is -1.06. The summed E-state index contributed by atoms with van der Waals surface area (Å²) in [4.78, 5) is 2.46. The van der Waals surface area contributed by atoms with E-state index in [1.807, 2.05) is 0 Å². The molecule has 1 saturated heterocycles. The largest absolute Gasteiger partial charge is 0.375 e. The van der Waals surface area contributed by atoms with E-state index >= 15 is 0 Å². The third-order valence-corrected chi connectivity index (χ3v) is 3.97. The maximum absolute atomic E-state index is 5.71. The summed E-state index contributed by atoms with van der Waals surface area (Å²) < 4.78 is 5.71. The van der Waals surface area contributed by atoms with Crippen LogP contribution in [-0.4, -0.2) is 31.3 Å². The van der Waals surface area contributed by atoms with Crippen molar-refractivity contribution in [3.8, 4) is 0 Å². The molecule has 2 atom stereocenters. The fourth-order valence-electron chi connectivity index (χ4n) is 2.63. The van der Waals surface area contributed by atoms with Crippen molar-refractivity contribution in [2.24, 2.45) is 0 Å². The Morgan fingerprint density at radius 3 is 2.75 bits per heavy atom. The highest BCUT2D eigenvalue weighted by Gasteiger charge is 2.23. The molecule has 2 unspecified atom stereocenters. The average molecular weight is 276 g/mol. The predicted molar refractivity (Wildman–Crippen MR) is 85.4 cm³/mol. The number of nitrogens with zero attached hydrogens (tertiary/aromatic N) is 1. The van der Waals surface area contributed by atoms with Crippen molar-refractivity contribution in [2.75, 3.05) is 18.1 Å². The molecule has 3 heteroatoms. The van der Waals surface area contributed by atoms with Gasteiger partial charge in [-0.1, -0.05) is 19.9 Å². The molecule has 20 heavy (non-hydrogen) atoms. The normalized spacial score (nSPS) is 23.4. The highest BCUT2D eigenvalue weighted by molar-refractivity contribution is 5.52. The molecular formula is C17H28N2O. The number of aryl methyl sites for hydroxylation is 1. The van der Waals surface area contributed by atoms with Crippen LogP contribution in [0.2, 0.25) is 0 Å². The van der Waals surface area contributed by atoms with Crippen molar-refractivity contribution in [1.29, 1.82) is 0 Å². The zero-order chi connectivity index (χ0) is 14.7. The molecule has 2 rings (SSSR count). The summed E-state index contributed by atoms with van der Waals surface area (Å²) in [7, 11) is 0. The number of hydrogen-bond acceptors (Lipinski definition) is 3. The first-order valence-electron chi connectivity index (χ1n) is 7.68. The van der Waals surface area contributed by atoms with E-state index in [-0.39, 0.29) is 0 Å². The summed E-state index contributed by atoms with van der Waals surface area (Å²) >= 11 is 0. The molecule has 1 aliphatic heterocycles. The maximum Gasteiger partial charge on any atom is 0.0723 e. The Labute approximate surface area is 123 Å². The molecule has 1 fully saturated rings. The monoisotopic (exact) mass is 276 g/mol. The first kappa shape index (κ1) is 15.3. The second-order valence-electron chi connectivity index (χ2n) is 6.29. The summed E-state index contributed by atoms with van der Waals surface area (Å²) in [6, 6.07) is 7.79. The molecule has 3 nitrogen and oxygen atoms in total. The van der Waals surface area contributed by atoms with Gasteiger partial charge in [0.05, 0.1) is 12.7 Å². The second kappa shape index (κ2) is 6.59. The van der Waals surface area contributed by atoms with E-state index in [4.69, 9.17) is 4.74 Å². The molecule has 1 N–H and O–H groups in total. The van der Waals surface area contributed by atoms with Crippen molar-refractivity contribution in [3.05, 3.63) is 29.3 Å². The second-order valence-corrected chi connectivity index (χ2v) is 6.29. The molecule has 0 bridgehead atoms. The SMILES string of the molecule is Cc1cc(N2CC(C)OCC2C)ccc1CNC(C)C. The number of anilines is 1. The van der Waals surface area contributed by atoms with Crippen molar-refractivity contribution in [2.45, 2.75) is 59.4 Å². The van der Waals surface area contributed by atoms with E-state index < -0.39 is 0 Å². The van der Waals surface area contributed by atoms with Crippen LogP contribution >= 0.6 is 0 Å². The number of benzene rings is 1. The fourth-order valence-corrected chi connectivity index (χ4v) is 2.63. The van der Waals surface area contributed by atoms with E-state index in [9.17, 15) is 0 Å². The molecule has 0 spiro atoms. The highest BCUT2D eigenvalue weighted by atomic mass is 16.5. The molecule has 1 heterocycles. The van der Waals surface area contributed by atoms with Crippen LogP contribution in [0.25, 0.3) is 0 Å². The predicted octanol–water partition coefficient (Wildman–Crippen LogP) is 3.11. The van der Waals surface area contributed by atoms with E-state index in [1.54, 1.807) is 0 Å². The first-order valence-corrected chi connectivity index (χ1v) is 7.68. The Morgan fingerprint density at radius 1 is 1.35 bits per heavy atom. The van der Waals surface area contributed by atoms with E-state index in [0.717, 1.165) is 19.7 Å². The van der Waals surface area contributed by atoms with Gasteiger partial charge in [-0.3, -0.25) is 0 Å². The van der Waals surface area contributed by atoms with Crippen LogP contribution < -0.4 is 10.2 Å². The van der Waals surface area contributed by atoms with Gasteiger partial charge in [-0.2, -0.15) is 0 Å². The number of nitrogens with one attached hydrogen (secondary N) is 1. The minimum Gasteiger partial charge on any atom is -0.375 e. The van der Waals surface area contributed by atoms with Crippen LogP contribution in [0, 0.1) is 6.92 Å². The van der Waals surface area contributed by atoms with Crippen molar-refractivity contribution >= 4 is 5.69 Å². The summed E-state index contributed by atoms with van der Waals surface area (Å²) in [5, 5.41) is 3.48. The summed E-state index contributed by atoms with van der Waals surface area (Å²) in [5.41, 5.74) is 4.07. The zero-order valence-corrected chi connectivity index (χ0v) is 13.4. The zero-order valence-electron chi connectivity index (χ0n) is 13.4. The lowest BCUT2D eigenvalue weighted by Gasteiger charge is -2.38. The van der Waals surface area contributed by atoms with Gasteiger partial charge in [0.2, 0.25) is 0 Å². The molecule has 112 valence electrons. The average Bonchev–Trinajstić information content (AvgIpc) is 2.40. The van der Waals surface area contributed by atoms with Gasteiger partial charge in [0.1, 0.15) is 0 Å². The van der Waals surface area contributed by atoms with Gasteiger partial charge in [0.25, 0.3) is 0 Å². The lowest BCUT2D eigenvalue weighted by atomic mass is 10.1. The van der Waals surface area contributed by atoms with Gasteiger partial charge in [0.15, 0.2) is 0 Å². The Bertz CT molecular complexity index is 445. The van der Waals surface area contributed by atoms with Gasteiger partial charge in [-0.05, 0) is 44.0 Å². The summed E-state index contributed by atoms with van der Waals surface area (Å²) in [6.07, 6.45) is 0.314. The fraction of sp³-hybridized carbons (Fsp3) is 0.647. The van der Waals surface area contributed by atoms with Crippen LogP contribution in [0.5, 0.6) is 0 Å². The van der Waals surface area contributed by atoms with E-state index in [1.165, 1.54) is 16.8 Å². The number of hydrogen-bond donors (Lipinski definition) is 1. The standard InChI is InChI=1S/C17H28N2O/c1-12(2)18-9-16-6-7-17(8-13(16)3)19-10-15(5)20-11-14(19)4/h6-8,12,14-15,18H,9-11H2,1-5H3. The van der Waals surface area contributed by atoms with Crippen LogP contribution in [0.3, 0.4) is 0 Å². The number of morpholine rings is 1. The highest BCUT2D eigenvalue weighted by Crippen LogP contribution is 2.24. The number of rotatable bonds is 4. The molecule has 0 amide bonds. The molecule has 1 aromatic carbocycles. The van der Waals surface area contributed by atoms with Crippen LogP contribution in [0.4, 0.5) is 5.69 Å². The van der Waals surface area contributed by atoms with Crippen LogP contribution in [0.15, 0.2) is 18.2 Å². The quantitative estimate of drug-likeness (QED) is 0.914. The summed E-state index contributed by atoms with van der Waals surface area (Å²) in [5.74, 6) is 0. The lowest BCUT2D eigenvalue weighted by Crippen LogP contribution is -2.47. The van der Waals surface area contributed by atoms with Crippen molar-refractivity contribution < 1.29 is 4.74 Å². The van der Waals surface area contributed by atoms with Crippen molar-refractivity contribution in [3.63, 3.8) is 0 Å². The topological polar surface area (TPSA) is 24.5 Å². The van der Waals surface area contributed by atoms with Gasteiger partial charge in [-0.25, -0.2) is 0 Å². The third kappa shape index (κ3) is 3.74. The molecule has 1 aliphatic rings. The minimum atomic E-state index is 0.314. The van der Waals surface area contributed by atoms with E-state index in [2.05, 4.69) is 63.0 Å². The van der Waals surface area contributed by atoms with Gasteiger partial charge >= 0.3 is 0 Å². The Morgan fingerprint density at radius 2 is 2.10 bits per heavy atom. The van der Waals surface area contributed by atoms with Gasteiger partial charge in [0, 0.05) is 30.9 Å². The third-order valence-electron chi connectivity index (χ3n) is 3.97. The molecular weight excluding hydrogens is 248 g/mol. The molecule has 0 aliphatic carbocycles. The minimum absolute atomic E-state index is 0.314. The van der Waals surface area contributed by atoms with Crippen LogP contribution in [-0.2, 0) is 11.3 Å². The first-order chi connectivity index (χ1) is 9.47. The molecule has 1 aromatic rings. The smallest absolute Gasteiger partial charge is 0.0723 e. The van der Waals surface area contributed by atoms with Gasteiger partial charge < -0.3 is 15.0 Å². The maximum atomic E-state index is 5.71. The Kier molecular flexibility index (Phi) is 5.06. The lowest BCUT2D eigenvalue weighted by molar-refractivity contribution is 0.0344. The molecule has 0 saturated carbocycles. The molecule has 0 aromatic heterocycles. The number of ether oxygens (including phenoxy) is 1. The molecule has 0 radical (unpaired) electrons. The Balaban J connectivity index is 2.11. The van der Waals surface area contributed by atoms with Gasteiger partial charge in [-0.15, -0.1) is 0 Å².